The van der Waals surface area contributed by atoms with Gasteiger partial charge in [-0.2, -0.15) is 5.10 Å². The predicted molar refractivity (Wildman–Crippen MR) is 75.9 cm³/mol. The van der Waals surface area contributed by atoms with E-state index in [2.05, 4.69) is 14.9 Å². The largest absolute Gasteiger partial charge is 0.281 e. The van der Waals surface area contributed by atoms with E-state index >= 15 is 0 Å². The smallest absolute Gasteiger partial charge is 0.244 e. The van der Waals surface area contributed by atoms with Gasteiger partial charge < -0.3 is 0 Å². The first-order chi connectivity index (χ1) is 8.81. The maximum absolute atomic E-state index is 12.2. The number of rotatable bonds is 4. The van der Waals surface area contributed by atoms with Crippen LogP contribution in [-0.2, 0) is 16.6 Å². The van der Waals surface area contributed by atoms with Gasteiger partial charge in [0, 0.05) is 16.3 Å². The number of aromatic amines is 1. The summed E-state index contributed by atoms with van der Waals surface area (Å²) < 4.78 is 27.1. The van der Waals surface area contributed by atoms with Gasteiger partial charge in [0.15, 0.2) is 0 Å². The van der Waals surface area contributed by atoms with Gasteiger partial charge in [0.05, 0.1) is 11.4 Å². The lowest BCUT2D eigenvalue weighted by Gasteiger charge is -2.05. The van der Waals surface area contributed by atoms with E-state index in [0.717, 1.165) is 4.88 Å². The van der Waals surface area contributed by atoms with Gasteiger partial charge in [-0.25, -0.2) is 13.1 Å². The minimum absolute atomic E-state index is 0.248. The number of hydrogen-bond acceptors (Lipinski definition) is 4. The minimum Gasteiger partial charge on any atom is -0.281 e. The van der Waals surface area contributed by atoms with E-state index in [-0.39, 0.29) is 4.90 Å². The molecule has 0 amide bonds. The highest BCUT2D eigenvalue weighted by molar-refractivity contribution is 7.89. The van der Waals surface area contributed by atoms with Crippen molar-refractivity contribution in [2.45, 2.75) is 39.1 Å². The molecule has 2 rings (SSSR count). The van der Waals surface area contributed by atoms with Crippen LogP contribution >= 0.6 is 11.3 Å². The van der Waals surface area contributed by atoms with E-state index in [1.54, 1.807) is 25.2 Å². The molecule has 0 aliphatic heterocycles. The molecule has 0 saturated heterocycles. The molecule has 0 aliphatic rings. The van der Waals surface area contributed by atoms with Crippen molar-refractivity contribution in [1.29, 1.82) is 0 Å². The van der Waals surface area contributed by atoms with Crippen LogP contribution in [0.25, 0.3) is 0 Å². The van der Waals surface area contributed by atoms with E-state index in [4.69, 9.17) is 0 Å². The van der Waals surface area contributed by atoms with Gasteiger partial charge in [-0.1, -0.05) is 0 Å². The molecule has 19 heavy (non-hydrogen) atoms. The Morgan fingerprint density at radius 2 is 2.00 bits per heavy atom. The van der Waals surface area contributed by atoms with Crippen molar-refractivity contribution in [3.63, 3.8) is 0 Å². The lowest BCUT2D eigenvalue weighted by atomic mass is 10.3. The maximum atomic E-state index is 12.2. The molecule has 0 atom stereocenters. The van der Waals surface area contributed by atoms with Gasteiger partial charge in [-0.3, -0.25) is 5.10 Å². The van der Waals surface area contributed by atoms with Crippen molar-refractivity contribution >= 4 is 21.4 Å². The second-order valence-corrected chi connectivity index (χ2v) is 7.58. The van der Waals surface area contributed by atoms with Crippen LogP contribution in [0.2, 0.25) is 0 Å². The molecule has 2 N–H and O–H groups in total. The molecule has 2 heterocycles. The highest BCUT2D eigenvalue weighted by Gasteiger charge is 2.22. The zero-order valence-corrected chi connectivity index (χ0v) is 13.0. The van der Waals surface area contributed by atoms with Gasteiger partial charge in [0.25, 0.3) is 0 Å². The first-order valence-electron chi connectivity index (χ1n) is 5.88. The van der Waals surface area contributed by atoms with E-state index in [0.29, 0.717) is 17.9 Å². The van der Waals surface area contributed by atoms with Crippen LogP contribution in [-0.4, -0.2) is 18.6 Å². The average Bonchev–Trinajstić information content (AvgIpc) is 2.81. The fourth-order valence-corrected chi connectivity index (χ4v) is 4.37. The fraction of sp³-hybridized carbons (Fsp3) is 0.417. The highest BCUT2D eigenvalue weighted by atomic mass is 32.2. The molecule has 104 valence electrons. The SMILES string of the molecule is Cc1cc(CNS(=O)(=O)c2c(C)n[nH]c2C)sc1C. The van der Waals surface area contributed by atoms with Gasteiger partial charge in [0.2, 0.25) is 10.0 Å². The Hall–Kier alpha value is -1.18. The number of hydrogen-bond donors (Lipinski definition) is 2. The summed E-state index contributed by atoms with van der Waals surface area (Å²) >= 11 is 1.61. The van der Waals surface area contributed by atoms with E-state index < -0.39 is 10.0 Å². The summed E-state index contributed by atoms with van der Waals surface area (Å²) in [4.78, 5) is 2.47. The molecule has 0 aromatic carbocycles. The molecule has 0 bridgehead atoms. The third-order valence-electron chi connectivity index (χ3n) is 2.98. The minimum atomic E-state index is -3.52. The Kier molecular flexibility index (Phi) is 3.80. The number of aromatic nitrogens is 2. The van der Waals surface area contributed by atoms with Crippen molar-refractivity contribution in [1.82, 2.24) is 14.9 Å². The lowest BCUT2D eigenvalue weighted by Crippen LogP contribution is -2.23. The molecule has 0 unspecified atom stereocenters. The van der Waals surface area contributed by atoms with Crippen LogP contribution in [0.1, 0.15) is 26.7 Å². The maximum Gasteiger partial charge on any atom is 0.244 e. The van der Waals surface area contributed by atoms with Gasteiger partial charge in [-0.05, 0) is 39.3 Å². The fourth-order valence-electron chi connectivity index (χ4n) is 1.91. The van der Waals surface area contributed by atoms with Gasteiger partial charge in [-0.15, -0.1) is 11.3 Å². The number of nitrogens with zero attached hydrogens (tertiary/aromatic N) is 1. The number of aryl methyl sites for hydroxylation is 4. The van der Waals surface area contributed by atoms with Crippen LogP contribution in [0.3, 0.4) is 0 Å². The first kappa shape index (κ1) is 14.2. The topological polar surface area (TPSA) is 74.8 Å². The van der Waals surface area contributed by atoms with E-state index in [9.17, 15) is 8.42 Å². The quantitative estimate of drug-likeness (QED) is 0.908. The zero-order valence-electron chi connectivity index (χ0n) is 11.4. The second-order valence-electron chi connectivity index (χ2n) is 4.54. The third-order valence-corrected chi connectivity index (χ3v) is 5.80. The summed E-state index contributed by atoms with van der Waals surface area (Å²) in [5.41, 5.74) is 2.24. The molecule has 7 heteroatoms. The Labute approximate surface area is 117 Å². The summed E-state index contributed by atoms with van der Waals surface area (Å²) in [5.74, 6) is 0. The molecular formula is C12H17N3O2S2. The van der Waals surface area contributed by atoms with Crippen molar-refractivity contribution in [2.75, 3.05) is 0 Å². The van der Waals surface area contributed by atoms with Crippen molar-refractivity contribution < 1.29 is 8.42 Å². The predicted octanol–water partition coefficient (Wildman–Crippen LogP) is 2.18. The molecule has 2 aromatic rings. The molecular weight excluding hydrogens is 282 g/mol. The summed E-state index contributed by atoms with van der Waals surface area (Å²) in [5, 5.41) is 6.60. The lowest BCUT2D eigenvalue weighted by molar-refractivity contribution is 0.580. The standard InChI is InChI=1S/C12H17N3O2S2/c1-7-5-11(18-10(7)4)6-13-19(16,17)12-8(2)14-15-9(12)3/h5,13H,6H2,1-4H3,(H,14,15). The van der Waals surface area contributed by atoms with Crippen molar-refractivity contribution in [3.05, 3.63) is 32.8 Å². The van der Waals surface area contributed by atoms with E-state index in [1.165, 1.54) is 10.4 Å². The number of thiophene rings is 1. The molecule has 0 fully saturated rings. The highest BCUT2D eigenvalue weighted by Crippen LogP contribution is 2.22. The Balaban J connectivity index is 2.19. The van der Waals surface area contributed by atoms with Gasteiger partial charge in [0.1, 0.15) is 4.90 Å². The van der Waals surface area contributed by atoms with Crippen LogP contribution < -0.4 is 4.72 Å². The normalized spacial score (nSPS) is 12.0. The molecule has 5 nitrogen and oxygen atoms in total. The Morgan fingerprint density at radius 3 is 2.47 bits per heavy atom. The van der Waals surface area contributed by atoms with Crippen LogP contribution in [0.15, 0.2) is 11.0 Å². The molecule has 0 saturated carbocycles. The van der Waals surface area contributed by atoms with Crippen LogP contribution in [0, 0.1) is 27.7 Å². The molecule has 2 aromatic heterocycles. The Morgan fingerprint density at radius 1 is 1.32 bits per heavy atom. The van der Waals surface area contributed by atoms with Crippen LogP contribution in [0.4, 0.5) is 0 Å². The molecule has 0 radical (unpaired) electrons. The number of H-pyrrole nitrogens is 1. The zero-order chi connectivity index (χ0) is 14.2. The van der Waals surface area contributed by atoms with Gasteiger partial charge >= 0.3 is 0 Å². The number of sulfonamides is 1. The molecule has 0 aliphatic carbocycles. The third kappa shape index (κ3) is 2.88. The first-order valence-corrected chi connectivity index (χ1v) is 8.18. The summed E-state index contributed by atoms with van der Waals surface area (Å²) in [6.07, 6.45) is 0. The van der Waals surface area contributed by atoms with E-state index in [1.807, 2.05) is 19.9 Å². The number of nitrogens with one attached hydrogen (secondary N) is 2. The summed E-state index contributed by atoms with van der Waals surface area (Å²) in [7, 11) is -3.52. The summed E-state index contributed by atoms with van der Waals surface area (Å²) in [6.45, 7) is 7.74. The molecule has 0 spiro atoms. The summed E-state index contributed by atoms with van der Waals surface area (Å²) in [6, 6.07) is 2.01. The second kappa shape index (κ2) is 5.07. The monoisotopic (exact) mass is 299 g/mol. The Bertz CT molecular complexity index is 660. The van der Waals surface area contributed by atoms with Crippen molar-refractivity contribution in [3.8, 4) is 0 Å². The van der Waals surface area contributed by atoms with Crippen LogP contribution in [0.5, 0.6) is 0 Å². The average molecular weight is 299 g/mol. The van der Waals surface area contributed by atoms with Crippen molar-refractivity contribution in [2.24, 2.45) is 0 Å².